The molecule has 3 rings (SSSR count). The van der Waals surface area contributed by atoms with Gasteiger partial charge in [-0.2, -0.15) is 0 Å². The first-order valence-corrected chi connectivity index (χ1v) is 6.16. The van der Waals surface area contributed by atoms with E-state index in [9.17, 15) is 4.79 Å². The fraction of sp³-hybridized carbons (Fsp3) is 0.917. The SMILES string of the molecule is CC(C)(C)OC(=O)N1C[C@@H]2CC[C@@H]1CNC2. The highest BCUT2D eigenvalue weighted by atomic mass is 16.6. The maximum Gasteiger partial charge on any atom is 0.410 e. The molecule has 0 aliphatic carbocycles. The van der Waals surface area contributed by atoms with Crippen molar-refractivity contribution in [3.8, 4) is 0 Å². The van der Waals surface area contributed by atoms with Gasteiger partial charge in [-0.25, -0.2) is 4.79 Å². The number of amides is 1. The number of hydrogen-bond donors (Lipinski definition) is 1. The molecule has 0 spiro atoms. The molecule has 3 aliphatic heterocycles. The van der Waals surface area contributed by atoms with Gasteiger partial charge in [0, 0.05) is 19.1 Å². The molecule has 1 N–H and O–H groups in total. The summed E-state index contributed by atoms with van der Waals surface area (Å²) in [5, 5.41) is 3.41. The zero-order valence-electron chi connectivity index (χ0n) is 10.5. The lowest BCUT2D eigenvalue weighted by Crippen LogP contribution is -2.49. The van der Waals surface area contributed by atoms with E-state index in [1.807, 2.05) is 25.7 Å². The third kappa shape index (κ3) is 2.67. The Bertz CT molecular complexity index is 269. The average molecular weight is 226 g/mol. The number of rotatable bonds is 0. The van der Waals surface area contributed by atoms with E-state index >= 15 is 0 Å². The van der Waals surface area contributed by atoms with Crippen molar-refractivity contribution in [2.24, 2.45) is 5.92 Å². The first kappa shape index (κ1) is 11.7. The lowest BCUT2D eigenvalue weighted by atomic mass is 9.95. The molecule has 1 amide bonds. The van der Waals surface area contributed by atoms with E-state index in [0.29, 0.717) is 12.0 Å². The topological polar surface area (TPSA) is 41.6 Å². The summed E-state index contributed by atoms with van der Waals surface area (Å²) in [5.41, 5.74) is -0.393. The number of nitrogens with one attached hydrogen (secondary N) is 1. The first-order chi connectivity index (χ1) is 7.46. The Morgan fingerprint density at radius 3 is 2.75 bits per heavy atom. The molecule has 0 aromatic rings. The minimum Gasteiger partial charge on any atom is -0.444 e. The van der Waals surface area contributed by atoms with Crippen molar-refractivity contribution in [1.29, 1.82) is 0 Å². The highest BCUT2D eigenvalue weighted by Gasteiger charge is 2.36. The quantitative estimate of drug-likeness (QED) is 0.682. The van der Waals surface area contributed by atoms with Gasteiger partial charge in [0.05, 0.1) is 0 Å². The van der Waals surface area contributed by atoms with Crippen LogP contribution in [0.15, 0.2) is 0 Å². The molecule has 3 saturated heterocycles. The van der Waals surface area contributed by atoms with E-state index in [2.05, 4.69) is 5.32 Å². The number of ether oxygens (including phenoxy) is 1. The number of carbonyl (C=O) groups is 1. The number of nitrogens with zero attached hydrogens (tertiary/aromatic N) is 1. The van der Waals surface area contributed by atoms with Crippen LogP contribution < -0.4 is 5.32 Å². The largest absolute Gasteiger partial charge is 0.444 e. The second kappa shape index (κ2) is 4.24. The molecule has 16 heavy (non-hydrogen) atoms. The van der Waals surface area contributed by atoms with Crippen LogP contribution in [0.4, 0.5) is 4.79 Å². The molecule has 3 heterocycles. The van der Waals surface area contributed by atoms with E-state index in [0.717, 1.165) is 26.1 Å². The Balaban J connectivity index is 2.01. The summed E-state index contributed by atoms with van der Waals surface area (Å²) in [6.45, 7) is 8.55. The molecule has 2 bridgehead atoms. The number of carbonyl (C=O) groups excluding carboxylic acids is 1. The zero-order chi connectivity index (χ0) is 11.8. The zero-order valence-corrected chi connectivity index (χ0v) is 10.5. The number of fused-ring (bicyclic) bond motifs is 4. The van der Waals surface area contributed by atoms with Crippen LogP contribution in [0.3, 0.4) is 0 Å². The Labute approximate surface area is 97.3 Å². The summed E-state index contributed by atoms with van der Waals surface area (Å²) in [7, 11) is 0. The van der Waals surface area contributed by atoms with E-state index in [-0.39, 0.29) is 6.09 Å². The van der Waals surface area contributed by atoms with Gasteiger partial charge in [-0.05, 0) is 46.1 Å². The van der Waals surface area contributed by atoms with Gasteiger partial charge >= 0.3 is 6.09 Å². The Kier molecular flexibility index (Phi) is 3.10. The summed E-state index contributed by atoms with van der Waals surface area (Å²) in [6.07, 6.45) is 2.19. The van der Waals surface area contributed by atoms with E-state index in [1.54, 1.807) is 0 Å². The van der Waals surface area contributed by atoms with Crippen LogP contribution >= 0.6 is 0 Å². The molecular formula is C12H22N2O2. The smallest absolute Gasteiger partial charge is 0.410 e. The van der Waals surface area contributed by atoms with Gasteiger partial charge in [-0.3, -0.25) is 0 Å². The standard InChI is InChI=1S/C12H22N2O2/c1-12(2,3)16-11(15)14-8-9-4-5-10(14)7-13-6-9/h9-10,13H,4-8H2,1-3H3/t9-,10-/m1/s1. The fourth-order valence-electron chi connectivity index (χ4n) is 2.48. The van der Waals surface area contributed by atoms with Gasteiger partial charge in [0.15, 0.2) is 0 Å². The Morgan fingerprint density at radius 1 is 1.31 bits per heavy atom. The van der Waals surface area contributed by atoms with Crippen molar-refractivity contribution in [3.63, 3.8) is 0 Å². The molecule has 3 aliphatic rings. The normalized spacial score (nSPS) is 30.1. The maximum atomic E-state index is 12.0. The highest BCUT2D eigenvalue weighted by Crippen LogP contribution is 2.25. The monoisotopic (exact) mass is 226 g/mol. The van der Waals surface area contributed by atoms with Crippen LogP contribution in [-0.4, -0.2) is 42.3 Å². The summed E-state index contributed by atoms with van der Waals surface area (Å²) < 4.78 is 5.44. The molecule has 4 heteroatoms. The van der Waals surface area contributed by atoms with Gasteiger partial charge in [0.2, 0.25) is 0 Å². The maximum absolute atomic E-state index is 12.0. The fourth-order valence-corrected chi connectivity index (χ4v) is 2.48. The first-order valence-electron chi connectivity index (χ1n) is 6.16. The molecule has 3 fully saturated rings. The predicted octanol–water partition coefficient (Wildman–Crippen LogP) is 1.61. The summed E-state index contributed by atoms with van der Waals surface area (Å²) >= 11 is 0. The van der Waals surface area contributed by atoms with Crippen LogP contribution in [0.25, 0.3) is 0 Å². The van der Waals surface area contributed by atoms with Crippen molar-refractivity contribution >= 4 is 6.09 Å². The minimum absolute atomic E-state index is 0.147. The minimum atomic E-state index is -0.393. The number of hydrogen-bond acceptors (Lipinski definition) is 3. The van der Waals surface area contributed by atoms with E-state index < -0.39 is 5.60 Å². The van der Waals surface area contributed by atoms with Crippen LogP contribution in [0, 0.1) is 5.92 Å². The van der Waals surface area contributed by atoms with Crippen molar-refractivity contribution in [2.45, 2.75) is 45.3 Å². The average Bonchev–Trinajstić information content (AvgIpc) is 2.48. The van der Waals surface area contributed by atoms with Crippen molar-refractivity contribution in [1.82, 2.24) is 10.2 Å². The van der Waals surface area contributed by atoms with Gasteiger partial charge < -0.3 is 15.0 Å². The van der Waals surface area contributed by atoms with Gasteiger partial charge in [0.25, 0.3) is 0 Å². The Morgan fingerprint density at radius 2 is 2.06 bits per heavy atom. The summed E-state index contributed by atoms with van der Waals surface area (Å²) in [5.74, 6) is 0.603. The van der Waals surface area contributed by atoms with Crippen LogP contribution in [-0.2, 0) is 4.74 Å². The van der Waals surface area contributed by atoms with Crippen molar-refractivity contribution < 1.29 is 9.53 Å². The van der Waals surface area contributed by atoms with Crippen LogP contribution in [0.5, 0.6) is 0 Å². The highest BCUT2D eigenvalue weighted by molar-refractivity contribution is 5.68. The third-order valence-corrected chi connectivity index (χ3v) is 3.24. The molecule has 0 aromatic carbocycles. The van der Waals surface area contributed by atoms with Crippen molar-refractivity contribution in [3.05, 3.63) is 0 Å². The van der Waals surface area contributed by atoms with Crippen LogP contribution in [0.2, 0.25) is 0 Å². The lowest BCUT2D eigenvalue weighted by molar-refractivity contribution is 0.00801. The van der Waals surface area contributed by atoms with Gasteiger partial charge in [-0.15, -0.1) is 0 Å². The van der Waals surface area contributed by atoms with Crippen molar-refractivity contribution in [2.75, 3.05) is 19.6 Å². The molecule has 0 aromatic heterocycles. The molecule has 4 nitrogen and oxygen atoms in total. The van der Waals surface area contributed by atoms with Gasteiger partial charge in [-0.1, -0.05) is 0 Å². The number of piperidine rings is 1. The molecule has 0 saturated carbocycles. The molecule has 92 valence electrons. The molecule has 0 radical (unpaired) electrons. The molecule has 0 unspecified atom stereocenters. The van der Waals surface area contributed by atoms with Crippen LogP contribution in [0.1, 0.15) is 33.6 Å². The lowest BCUT2D eigenvalue weighted by Gasteiger charge is -2.37. The second-order valence-electron chi connectivity index (χ2n) is 5.89. The molecule has 2 atom stereocenters. The Hall–Kier alpha value is -0.770. The predicted molar refractivity (Wildman–Crippen MR) is 62.3 cm³/mol. The third-order valence-electron chi connectivity index (χ3n) is 3.24. The summed E-state index contributed by atoms with van der Waals surface area (Å²) in [4.78, 5) is 13.9. The summed E-state index contributed by atoms with van der Waals surface area (Å²) in [6, 6.07) is 0.327. The second-order valence-corrected chi connectivity index (χ2v) is 5.89. The van der Waals surface area contributed by atoms with E-state index in [4.69, 9.17) is 4.74 Å². The molecular weight excluding hydrogens is 204 g/mol. The van der Waals surface area contributed by atoms with Gasteiger partial charge in [0.1, 0.15) is 5.60 Å². The van der Waals surface area contributed by atoms with E-state index in [1.165, 1.54) is 6.42 Å².